The number of hydrogen-bond acceptors (Lipinski definition) is 0. The Hall–Kier alpha value is 0.822. The Labute approximate surface area is 98.7 Å². The molecule has 0 aromatic carbocycles. The first-order valence-electron chi connectivity index (χ1n) is 5.62. The monoisotopic (exact) mass is 218 g/mol. The lowest BCUT2D eigenvalue weighted by Crippen LogP contribution is -1.80. The molecule has 0 aliphatic carbocycles. The van der Waals surface area contributed by atoms with Gasteiger partial charge in [0.1, 0.15) is 16.3 Å². The summed E-state index contributed by atoms with van der Waals surface area (Å²) >= 11 is 2.80. The molecule has 0 bridgehead atoms. The maximum atomic E-state index is 2.80. The van der Waals surface area contributed by atoms with Gasteiger partial charge in [0.2, 0.25) is 0 Å². The summed E-state index contributed by atoms with van der Waals surface area (Å²) in [5.41, 5.74) is 0. The van der Waals surface area contributed by atoms with Crippen LogP contribution in [0, 0.1) is 0 Å². The average molecular weight is 219 g/mol. The van der Waals surface area contributed by atoms with Gasteiger partial charge in [-0.3, -0.25) is 0 Å². The van der Waals surface area contributed by atoms with E-state index in [1.54, 1.807) is 0 Å². The summed E-state index contributed by atoms with van der Waals surface area (Å²) in [6.45, 7) is 2.28. The van der Waals surface area contributed by atoms with E-state index in [9.17, 15) is 0 Å². The van der Waals surface area contributed by atoms with Crippen molar-refractivity contribution in [3.63, 3.8) is 0 Å². The molecular weight excluding hydrogens is 195 g/mol. The Bertz CT molecular complexity index is 66.5. The van der Waals surface area contributed by atoms with Gasteiger partial charge in [-0.25, -0.2) is 0 Å². The van der Waals surface area contributed by atoms with E-state index >= 15 is 0 Å². The van der Waals surface area contributed by atoms with E-state index in [0.29, 0.717) is 0 Å². The molecule has 0 aromatic rings. The number of halogens is 1. The molecule has 0 unspecified atom stereocenters. The van der Waals surface area contributed by atoms with Gasteiger partial charge in [-0.1, -0.05) is 64.7 Å². The Morgan fingerprint density at radius 2 is 1.08 bits per heavy atom. The van der Waals surface area contributed by atoms with Crippen LogP contribution in [0.15, 0.2) is 0 Å². The number of rotatable bonds is 9. The predicted molar refractivity (Wildman–Crippen MR) is 65.0 cm³/mol. The van der Waals surface area contributed by atoms with Crippen LogP contribution in [0.5, 0.6) is 0 Å². The third-order valence-electron chi connectivity index (χ3n) is 2.31. The van der Waals surface area contributed by atoms with Crippen molar-refractivity contribution in [2.45, 2.75) is 70.0 Å². The maximum absolute atomic E-state index is 2.80. The minimum atomic E-state index is 0. The summed E-state index contributed by atoms with van der Waals surface area (Å²) in [7, 11) is 0. The molecule has 0 saturated heterocycles. The van der Waals surface area contributed by atoms with Gasteiger partial charge in [0.25, 0.3) is 0 Å². The van der Waals surface area contributed by atoms with Gasteiger partial charge in [-0.15, -0.1) is 17.7 Å². The zero-order valence-corrected chi connectivity index (χ0v) is 11.0. The molecule has 78 valence electrons. The second-order valence-corrected chi connectivity index (χ2v) is 4.19. The van der Waals surface area contributed by atoms with E-state index < -0.39 is 0 Å². The Kier molecular flexibility index (Phi) is 19.1. The van der Waals surface area contributed by atoms with E-state index in [2.05, 4.69) is 23.2 Å². The summed E-state index contributed by atoms with van der Waals surface area (Å²) in [4.78, 5) is 0. The SMILES string of the molecule is CCCCCCCCCC[CH2][Al].Cl. The molecule has 0 saturated carbocycles. The van der Waals surface area contributed by atoms with E-state index in [4.69, 9.17) is 0 Å². The minimum Gasteiger partial charge on any atom is -0.147 e. The standard InChI is InChI=1S/C11H23.Al.ClH/c1-3-5-7-9-11-10-8-6-4-2;;/h1,3-11H2,2H3;;1H. The van der Waals surface area contributed by atoms with Gasteiger partial charge in [0, 0.05) is 0 Å². The Morgan fingerprint density at radius 1 is 0.692 bits per heavy atom. The van der Waals surface area contributed by atoms with E-state index in [0.717, 1.165) is 0 Å². The lowest BCUT2D eigenvalue weighted by atomic mass is 10.1. The zero-order valence-electron chi connectivity index (χ0n) is 9.06. The van der Waals surface area contributed by atoms with Crippen LogP contribution in [-0.2, 0) is 0 Å². The lowest BCUT2D eigenvalue weighted by molar-refractivity contribution is 0.572. The molecule has 0 aromatic heterocycles. The van der Waals surface area contributed by atoms with E-state index in [-0.39, 0.29) is 12.4 Å². The highest BCUT2D eigenvalue weighted by molar-refractivity contribution is 6.08. The van der Waals surface area contributed by atoms with Crippen LogP contribution >= 0.6 is 12.4 Å². The summed E-state index contributed by atoms with van der Waals surface area (Å²) in [5, 5.41) is 1.29. The Balaban J connectivity index is 0. The minimum absolute atomic E-state index is 0. The molecule has 0 spiro atoms. The average Bonchev–Trinajstić information content (AvgIpc) is 2.10. The van der Waals surface area contributed by atoms with Crippen molar-refractivity contribution in [3.05, 3.63) is 0 Å². The summed E-state index contributed by atoms with van der Waals surface area (Å²) in [6.07, 6.45) is 13.0. The quantitative estimate of drug-likeness (QED) is 0.394. The molecule has 0 aliphatic rings. The van der Waals surface area contributed by atoms with Crippen molar-refractivity contribution in [2.24, 2.45) is 0 Å². The smallest absolute Gasteiger partial charge is 0.118 e. The number of unbranched alkanes of at least 4 members (excludes halogenated alkanes) is 8. The topological polar surface area (TPSA) is 0 Å². The van der Waals surface area contributed by atoms with Crippen LogP contribution in [0.1, 0.15) is 64.7 Å². The lowest BCUT2D eigenvalue weighted by Gasteiger charge is -2.00. The highest BCUT2D eigenvalue weighted by atomic mass is 35.5. The van der Waals surface area contributed by atoms with Crippen molar-refractivity contribution in [1.29, 1.82) is 0 Å². The summed E-state index contributed by atoms with van der Waals surface area (Å²) in [5.74, 6) is 0. The largest absolute Gasteiger partial charge is 0.147 e. The van der Waals surface area contributed by atoms with E-state index in [1.807, 2.05) is 0 Å². The fourth-order valence-corrected chi connectivity index (χ4v) is 1.74. The predicted octanol–water partition coefficient (Wildman–Crippen LogP) is 4.53. The van der Waals surface area contributed by atoms with Gasteiger partial charge in [0.15, 0.2) is 0 Å². The second-order valence-electron chi connectivity index (χ2n) is 3.62. The fourth-order valence-electron chi connectivity index (χ4n) is 1.45. The molecule has 0 N–H and O–H groups in total. The highest BCUT2D eigenvalue weighted by Crippen LogP contribution is 2.09. The molecule has 13 heavy (non-hydrogen) atoms. The molecule has 2 radical (unpaired) electrons. The highest BCUT2D eigenvalue weighted by Gasteiger charge is 1.89. The first kappa shape index (κ1) is 16.3. The molecule has 0 rings (SSSR count). The third-order valence-corrected chi connectivity index (χ3v) is 2.72. The molecule has 0 fully saturated rings. The fraction of sp³-hybridized carbons (Fsp3) is 1.00. The van der Waals surface area contributed by atoms with Gasteiger partial charge in [0.05, 0.1) is 0 Å². The van der Waals surface area contributed by atoms with Crippen LogP contribution < -0.4 is 0 Å². The molecule has 0 heterocycles. The first-order chi connectivity index (χ1) is 5.91. The van der Waals surface area contributed by atoms with Gasteiger partial charge in [-0.05, 0) is 0 Å². The van der Waals surface area contributed by atoms with Crippen molar-refractivity contribution < 1.29 is 0 Å². The van der Waals surface area contributed by atoms with Gasteiger partial charge >= 0.3 is 0 Å². The van der Waals surface area contributed by atoms with Crippen molar-refractivity contribution in [2.75, 3.05) is 0 Å². The summed E-state index contributed by atoms with van der Waals surface area (Å²) in [6, 6.07) is 0. The zero-order chi connectivity index (χ0) is 9.07. The first-order valence-corrected chi connectivity index (χ1v) is 6.43. The maximum Gasteiger partial charge on any atom is 0.118 e. The summed E-state index contributed by atoms with van der Waals surface area (Å²) < 4.78 is 0. The van der Waals surface area contributed by atoms with Crippen LogP contribution in [0.25, 0.3) is 0 Å². The molecule has 2 heteroatoms. The van der Waals surface area contributed by atoms with Crippen molar-refractivity contribution in [3.8, 4) is 0 Å². The molecule has 0 aliphatic heterocycles. The molecular formula is C11H24AlCl. The van der Waals surface area contributed by atoms with Crippen molar-refractivity contribution in [1.82, 2.24) is 0 Å². The van der Waals surface area contributed by atoms with Crippen LogP contribution in [0.4, 0.5) is 0 Å². The van der Waals surface area contributed by atoms with Gasteiger partial charge < -0.3 is 0 Å². The third kappa shape index (κ3) is 15.6. The molecule has 0 nitrogen and oxygen atoms in total. The van der Waals surface area contributed by atoms with E-state index in [1.165, 1.54) is 63.1 Å². The normalized spacial score (nSPS) is 9.62. The molecule has 0 atom stereocenters. The molecule has 0 amide bonds. The van der Waals surface area contributed by atoms with Crippen molar-refractivity contribution >= 4 is 28.7 Å². The van der Waals surface area contributed by atoms with Crippen LogP contribution in [0.3, 0.4) is 0 Å². The van der Waals surface area contributed by atoms with Crippen LogP contribution in [-0.4, -0.2) is 16.3 Å². The van der Waals surface area contributed by atoms with Gasteiger partial charge in [-0.2, -0.15) is 0 Å². The van der Waals surface area contributed by atoms with Crippen LogP contribution in [0.2, 0.25) is 5.28 Å². The number of hydrogen-bond donors (Lipinski definition) is 0. The Morgan fingerprint density at radius 3 is 1.46 bits per heavy atom. The second kappa shape index (κ2) is 15.3.